The third kappa shape index (κ3) is 3.82. The molecule has 0 aromatic heterocycles. The van der Waals surface area contributed by atoms with Crippen LogP contribution in [0.15, 0.2) is 24.3 Å². The van der Waals surface area contributed by atoms with E-state index in [2.05, 4.69) is 26.0 Å². The van der Waals surface area contributed by atoms with E-state index in [4.69, 9.17) is 4.74 Å². The maximum absolute atomic E-state index is 11.6. The molecule has 104 valence electrons. The molecule has 0 spiro atoms. The summed E-state index contributed by atoms with van der Waals surface area (Å²) in [6.07, 6.45) is 5.33. The molecular weight excluding hydrogens is 236 g/mol. The van der Waals surface area contributed by atoms with Crippen molar-refractivity contribution in [3.05, 3.63) is 35.4 Å². The second kappa shape index (κ2) is 5.77. The highest BCUT2D eigenvalue weighted by molar-refractivity contribution is 5.89. The quantitative estimate of drug-likeness (QED) is 0.701. The zero-order chi connectivity index (χ0) is 13.9. The molecule has 0 N–H and O–H groups in total. The second-order valence-corrected chi connectivity index (χ2v) is 6.09. The van der Waals surface area contributed by atoms with E-state index in [0.29, 0.717) is 23.5 Å². The molecule has 1 fully saturated rings. The highest BCUT2D eigenvalue weighted by atomic mass is 16.5. The highest BCUT2D eigenvalue weighted by Gasteiger charge is 2.36. The number of esters is 1. The van der Waals surface area contributed by atoms with Crippen molar-refractivity contribution in [3.63, 3.8) is 0 Å². The summed E-state index contributed by atoms with van der Waals surface area (Å²) in [5, 5.41) is 0. The number of rotatable bonds is 6. The molecule has 1 saturated carbocycles. The molecule has 0 aliphatic heterocycles. The van der Waals surface area contributed by atoms with E-state index >= 15 is 0 Å². The molecule has 0 amide bonds. The van der Waals surface area contributed by atoms with Gasteiger partial charge in [0.15, 0.2) is 0 Å². The summed E-state index contributed by atoms with van der Waals surface area (Å²) in [5.41, 5.74) is 2.59. The Kier molecular flexibility index (Phi) is 4.28. The molecule has 2 rings (SSSR count). The number of hydrogen-bond acceptors (Lipinski definition) is 2. The zero-order valence-corrected chi connectivity index (χ0v) is 12.2. The molecule has 0 heterocycles. The van der Waals surface area contributed by atoms with Gasteiger partial charge in [0.2, 0.25) is 0 Å². The van der Waals surface area contributed by atoms with Crippen LogP contribution in [0.3, 0.4) is 0 Å². The molecule has 2 heteroatoms. The van der Waals surface area contributed by atoms with Gasteiger partial charge in [0, 0.05) is 0 Å². The Labute approximate surface area is 116 Å². The van der Waals surface area contributed by atoms with Gasteiger partial charge in [-0.1, -0.05) is 26.0 Å². The van der Waals surface area contributed by atoms with Crippen LogP contribution in [0.1, 0.15) is 68.3 Å². The topological polar surface area (TPSA) is 26.3 Å². The van der Waals surface area contributed by atoms with Gasteiger partial charge < -0.3 is 4.74 Å². The Hall–Kier alpha value is -1.31. The minimum Gasteiger partial charge on any atom is -0.462 e. The number of carbonyl (C=O) groups excluding carboxylic acids is 1. The van der Waals surface area contributed by atoms with Crippen molar-refractivity contribution in [2.45, 2.75) is 52.4 Å². The lowest BCUT2D eigenvalue weighted by atomic mass is 9.91. The van der Waals surface area contributed by atoms with Gasteiger partial charge in [-0.15, -0.1) is 0 Å². The Morgan fingerprint density at radius 1 is 1.32 bits per heavy atom. The van der Waals surface area contributed by atoms with Crippen molar-refractivity contribution in [1.29, 1.82) is 0 Å². The average Bonchev–Trinajstić information content (AvgIpc) is 3.15. The Bertz CT molecular complexity index is 429. The van der Waals surface area contributed by atoms with Gasteiger partial charge in [-0.2, -0.15) is 0 Å². The molecule has 1 aromatic carbocycles. The lowest BCUT2D eigenvalue weighted by Gasteiger charge is -2.15. The third-order valence-corrected chi connectivity index (χ3v) is 4.28. The molecule has 1 aliphatic carbocycles. The van der Waals surface area contributed by atoms with Gasteiger partial charge >= 0.3 is 5.97 Å². The minimum absolute atomic E-state index is 0.229. The molecule has 1 aromatic rings. The van der Waals surface area contributed by atoms with Crippen LogP contribution < -0.4 is 0 Å². The van der Waals surface area contributed by atoms with Crippen molar-refractivity contribution in [2.24, 2.45) is 5.41 Å². The number of hydrogen-bond donors (Lipinski definition) is 0. The molecule has 1 aliphatic rings. The van der Waals surface area contributed by atoms with E-state index < -0.39 is 0 Å². The van der Waals surface area contributed by atoms with Crippen molar-refractivity contribution in [3.8, 4) is 0 Å². The van der Waals surface area contributed by atoms with Crippen LogP contribution in [0.4, 0.5) is 0 Å². The molecule has 0 radical (unpaired) electrons. The molecule has 2 nitrogen and oxygen atoms in total. The van der Waals surface area contributed by atoms with Crippen LogP contribution >= 0.6 is 0 Å². The van der Waals surface area contributed by atoms with Crippen LogP contribution in [0.5, 0.6) is 0 Å². The predicted molar refractivity (Wildman–Crippen MR) is 77.4 cm³/mol. The van der Waals surface area contributed by atoms with Crippen molar-refractivity contribution in [1.82, 2.24) is 0 Å². The van der Waals surface area contributed by atoms with Gasteiger partial charge in [-0.05, 0) is 61.6 Å². The first-order valence-corrected chi connectivity index (χ1v) is 7.31. The standard InChI is InChI=1S/C17H24O2/c1-4-19-16(18)15-7-5-14(6-8-15)13(2)9-10-17(3)11-12-17/h5-8,13H,4,9-12H2,1-3H3/t13-/m1/s1. The molecule has 0 bridgehead atoms. The number of benzene rings is 1. The fourth-order valence-electron chi connectivity index (χ4n) is 2.36. The summed E-state index contributed by atoms with van der Waals surface area (Å²) < 4.78 is 4.99. The first-order valence-electron chi connectivity index (χ1n) is 7.31. The van der Waals surface area contributed by atoms with Crippen LogP contribution in [0.25, 0.3) is 0 Å². The van der Waals surface area contributed by atoms with Crippen LogP contribution in [0.2, 0.25) is 0 Å². The van der Waals surface area contributed by atoms with Gasteiger partial charge in [-0.25, -0.2) is 4.79 Å². The number of carbonyl (C=O) groups is 1. The molecule has 1 atom stereocenters. The van der Waals surface area contributed by atoms with Gasteiger partial charge in [0.25, 0.3) is 0 Å². The summed E-state index contributed by atoms with van der Waals surface area (Å²) in [6.45, 7) is 6.90. The molecule has 19 heavy (non-hydrogen) atoms. The maximum atomic E-state index is 11.6. The van der Waals surface area contributed by atoms with Gasteiger partial charge in [-0.3, -0.25) is 0 Å². The first-order chi connectivity index (χ1) is 9.04. The fraction of sp³-hybridized carbons (Fsp3) is 0.588. The number of ether oxygens (including phenoxy) is 1. The summed E-state index contributed by atoms with van der Waals surface area (Å²) in [5.74, 6) is 0.334. The van der Waals surface area contributed by atoms with Gasteiger partial charge in [0.1, 0.15) is 0 Å². The Morgan fingerprint density at radius 3 is 2.47 bits per heavy atom. The van der Waals surface area contributed by atoms with E-state index in [1.54, 1.807) is 0 Å². The zero-order valence-electron chi connectivity index (χ0n) is 12.2. The summed E-state index contributed by atoms with van der Waals surface area (Å²) in [4.78, 5) is 11.6. The Balaban J connectivity index is 1.91. The second-order valence-electron chi connectivity index (χ2n) is 6.09. The average molecular weight is 260 g/mol. The van der Waals surface area contributed by atoms with Gasteiger partial charge in [0.05, 0.1) is 12.2 Å². The van der Waals surface area contributed by atoms with Crippen molar-refractivity contribution in [2.75, 3.05) is 6.61 Å². The summed E-state index contributed by atoms with van der Waals surface area (Å²) in [6, 6.07) is 7.88. The van der Waals surface area contributed by atoms with E-state index in [-0.39, 0.29) is 5.97 Å². The smallest absolute Gasteiger partial charge is 0.338 e. The fourth-order valence-corrected chi connectivity index (χ4v) is 2.36. The van der Waals surface area contributed by atoms with Crippen molar-refractivity contribution < 1.29 is 9.53 Å². The summed E-state index contributed by atoms with van der Waals surface area (Å²) in [7, 11) is 0. The highest BCUT2D eigenvalue weighted by Crippen LogP contribution is 2.50. The van der Waals surface area contributed by atoms with E-state index in [1.807, 2.05) is 19.1 Å². The van der Waals surface area contributed by atoms with Crippen LogP contribution in [0, 0.1) is 5.41 Å². The molecular formula is C17H24O2. The van der Waals surface area contributed by atoms with E-state index in [1.165, 1.54) is 31.2 Å². The molecule has 0 saturated heterocycles. The minimum atomic E-state index is -0.229. The lowest BCUT2D eigenvalue weighted by molar-refractivity contribution is 0.0526. The van der Waals surface area contributed by atoms with Crippen LogP contribution in [-0.4, -0.2) is 12.6 Å². The largest absolute Gasteiger partial charge is 0.462 e. The SMILES string of the molecule is CCOC(=O)c1ccc([C@H](C)CCC2(C)CC2)cc1. The van der Waals surface area contributed by atoms with E-state index in [0.717, 1.165) is 0 Å². The lowest BCUT2D eigenvalue weighted by Crippen LogP contribution is -2.05. The van der Waals surface area contributed by atoms with E-state index in [9.17, 15) is 4.79 Å². The Morgan fingerprint density at radius 2 is 1.95 bits per heavy atom. The molecule has 0 unspecified atom stereocenters. The monoisotopic (exact) mass is 260 g/mol. The third-order valence-electron chi connectivity index (χ3n) is 4.28. The summed E-state index contributed by atoms with van der Waals surface area (Å²) >= 11 is 0. The maximum Gasteiger partial charge on any atom is 0.338 e. The van der Waals surface area contributed by atoms with Crippen LogP contribution in [-0.2, 0) is 4.74 Å². The van der Waals surface area contributed by atoms with Crippen molar-refractivity contribution >= 4 is 5.97 Å². The first kappa shape index (κ1) is 14.1. The normalized spacial score (nSPS) is 17.8. The predicted octanol–water partition coefficient (Wildman–Crippen LogP) is 4.55.